The average molecular weight is 346 g/mol. The van der Waals surface area contributed by atoms with Crippen LogP contribution in [0.3, 0.4) is 0 Å². The van der Waals surface area contributed by atoms with Crippen LogP contribution in [0.15, 0.2) is 53.0 Å². The van der Waals surface area contributed by atoms with E-state index in [2.05, 4.69) is 45.5 Å². The van der Waals surface area contributed by atoms with Crippen LogP contribution >= 0.6 is 15.9 Å². The normalized spacial score (nSPS) is 21.0. The van der Waals surface area contributed by atoms with Gasteiger partial charge in [-0.15, -0.1) is 0 Å². The van der Waals surface area contributed by atoms with E-state index in [1.165, 1.54) is 24.0 Å². The first-order valence-electron chi connectivity index (χ1n) is 7.47. The van der Waals surface area contributed by atoms with Crippen LogP contribution in [0.4, 0.5) is 0 Å². The van der Waals surface area contributed by atoms with E-state index >= 15 is 0 Å². The Hall–Kier alpha value is -1.32. The number of phenolic OH excluding ortho intramolecular Hbond substituents is 1. The predicted octanol–water partition coefficient (Wildman–Crippen LogP) is 4.23. The molecule has 1 fully saturated rings. The summed E-state index contributed by atoms with van der Waals surface area (Å²) in [5.41, 5.74) is 2.72. The molecule has 1 saturated carbocycles. The summed E-state index contributed by atoms with van der Waals surface area (Å²) in [6.07, 6.45) is 3.48. The van der Waals surface area contributed by atoms with Crippen molar-refractivity contribution in [3.8, 4) is 5.75 Å². The van der Waals surface area contributed by atoms with Crippen LogP contribution in [0.2, 0.25) is 0 Å². The zero-order valence-electron chi connectivity index (χ0n) is 11.9. The van der Waals surface area contributed by atoms with Gasteiger partial charge in [0.05, 0.1) is 0 Å². The second-order valence-electron chi connectivity index (χ2n) is 5.79. The molecular formula is C18H20BrNO. The molecule has 0 spiro atoms. The van der Waals surface area contributed by atoms with Crippen LogP contribution in [0, 0.1) is 0 Å². The van der Waals surface area contributed by atoms with Gasteiger partial charge in [0.25, 0.3) is 0 Å². The number of hydrogen-bond donors (Lipinski definition) is 2. The third-order valence-electron chi connectivity index (χ3n) is 4.26. The molecule has 1 aliphatic rings. The molecule has 2 nitrogen and oxygen atoms in total. The Labute approximate surface area is 134 Å². The Kier molecular flexibility index (Phi) is 4.61. The molecule has 3 heteroatoms. The molecule has 0 saturated heterocycles. The standard InChI is InChI=1S/C18H20BrNO/c19-16-5-3-14(4-6-16)15-11-17(12-15)20-10-9-13-1-7-18(21)8-2-13/h1-8,15,17,20-21H,9-12H2. The van der Waals surface area contributed by atoms with Gasteiger partial charge in [0, 0.05) is 10.5 Å². The van der Waals surface area contributed by atoms with Gasteiger partial charge in [-0.2, -0.15) is 0 Å². The summed E-state index contributed by atoms with van der Waals surface area (Å²) in [6, 6.07) is 16.8. The molecule has 0 radical (unpaired) electrons. The summed E-state index contributed by atoms with van der Waals surface area (Å²) in [6.45, 7) is 1.00. The van der Waals surface area contributed by atoms with Crippen molar-refractivity contribution in [1.82, 2.24) is 5.32 Å². The van der Waals surface area contributed by atoms with Crippen molar-refractivity contribution >= 4 is 15.9 Å². The molecule has 0 atom stereocenters. The first-order chi connectivity index (χ1) is 10.2. The Bertz CT molecular complexity index is 573. The number of rotatable bonds is 5. The summed E-state index contributed by atoms with van der Waals surface area (Å²) in [4.78, 5) is 0. The molecule has 1 aliphatic carbocycles. The smallest absolute Gasteiger partial charge is 0.115 e. The number of nitrogens with one attached hydrogen (secondary N) is 1. The molecule has 2 aromatic rings. The summed E-state index contributed by atoms with van der Waals surface area (Å²) in [5, 5.41) is 12.9. The van der Waals surface area contributed by atoms with Crippen molar-refractivity contribution in [3.63, 3.8) is 0 Å². The monoisotopic (exact) mass is 345 g/mol. The highest BCUT2D eigenvalue weighted by Crippen LogP contribution is 2.37. The van der Waals surface area contributed by atoms with Gasteiger partial charge in [0.1, 0.15) is 5.75 Å². The summed E-state index contributed by atoms with van der Waals surface area (Å²) >= 11 is 3.48. The van der Waals surface area contributed by atoms with E-state index < -0.39 is 0 Å². The minimum Gasteiger partial charge on any atom is -0.508 e. The minimum atomic E-state index is 0.336. The largest absolute Gasteiger partial charge is 0.508 e. The molecule has 2 N–H and O–H groups in total. The van der Waals surface area contributed by atoms with Crippen molar-refractivity contribution in [1.29, 1.82) is 0 Å². The maximum atomic E-state index is 9.25. The average Bonchev–Trinajstić information content (AvgIpc) is 2.45. The third-order valence-corrected chi connectivity index (χ3v) is 4.79. The lowest BCUT2D eigenvalue weighted by Crippen LogP contribution is -2.40. The zero-order chi connectivity index (χ0) is 14.7. The van der Waals surface area contributed by atoms with Gasteiger partial charge in [-0.25, -0.2) is 0 Å². The van der Waals surface area contributed by atoms with E-state index in [1.54, 1.807) is 12.1 Å². The maximum absolute atomic E-state index is 9.25. The van der Waals surface area contributed by atoms with Gasteiger partial charge in [-0.1, -0.05) is 40.2 Å². The fourth-order valence-corrected chi connectivity index (χ4v) is 3.14. The summed E-state index contributed by atoms with van der Waals surface area (Å²) in [7, 11) is 0. The predicted molar refractivity (Wildman–Crippen MR) is 89.7 cm³/mol. The van der Waals surface area contributed by atoms with Gasteiger partial charge in [-0.05, 0) is 67.1 Å². The number of benzene rings is 2. The van der Waals surface area contributed by atoms with Crippen molar-refractivity contribution in [2.75, 3.05) is 6.54 Å². The fraction of sp³-hybridized carbons (Fsp3) is 0.333. The molecule has 0 amide bonds. The van der Waals surface area contributed by atoms with E-state index in [1.807, 2.05) is 12.1 Å². The SMILES string of the molecule is Oc1ccc(CCNC2CC(c3ccc(Br)cc3)C2)cc1. The van der Waals surface area contributed by atoms with Crippen LogP contribution in [0.25, 0.3) is 0 Å². The molecule has 21 heavy (non-hydrogen) atoms. The lowest BCUT2D eigenvalue weighted by Gasteiger charge is -2.36. The molecule has 110 valence electrons. The molecule has 0 bridgehead atoms. The first-order valence-corrected chi connectivity index (χ1v) is 8.27. The van der Waals surface area contributed by atoms with Crippen molar-refractivity contribution in [3.05, 3.63) is 64.1 Å². The highest BCUT2D eigenvalue weighted by atomic mass is 79.9. The lowest BCUT2D eigenvalue weighted by molar-refractivity contribution is 0.293. The highest BCUT2D eigenvalue weighted by molar-refractivity contribution is 9.10. The Morgan fingerprint density at radius 1 is 1.00 bits per heavy atom. The highest BCUT2D eigenvalue weighted by Gasteiger charge is 2.29. The summed E-state index contributed by atoms with van der Waals surface area (Å²) < 4.78 is 1.15. The van der Waals surface area contributed by atoms with Crippen LogP contribution < -0.4 is 5.32 Å². The number of hydrogen-bond acceptors (Lipinski definition) is 2. The lowest BCUT2D eigenvalue weighted by atomic mass is 9.76. The van der Waals surface area contributed by atoms with Crippen LogP contribution in [-0.4, -0.2) is 17.7 Å². The van der Waals surface area contributed by atoms with Crippen LogP contribution in [0.1, 0.15) is 29.9 Å². The van der Waals surface area contributed by atoms with Crippen molar-refractivity contribution in [2.24, 2.45) is 0 Å². The molecule has 3 rings (SSSR count). The minimum absolute atomic E-state index is 0.336. The quantitative estimate of drug-likeness (QED) is 0.849. The van der Waals surface area contributed by atoms with Crippen molar-refractivity contribution < 1.29 is 5.11 Å². The van der Waals surface area contributed by atoms with E-state index in [0.717, 1.165) is 17.4 Å². The van der Waals surface area contributed by atoms with Gasteiger partial charge in [-0.3, -0.25) is 0 Å². The van der Waals surface area contributed by atoms with Gasteiger partial charge in [0.15, 0.2) is 0 Å². The number of phenols is 1. The Morgan fingerprint density at radius 2 is 1.67 bits per heavy atom. The Balaban J connectivity index is 1.39. The topological polar surface area (TPSA) is 32.3 Å². The van der Waals surface area contributed by atoms with Gasteiger partial charge < -0.3 is 10.4 Å². The second-order valence-corrected chi connectivity index (χ2v) is 6.70. The first kappa shape index (κ1) is 14.6. The van der Waals surface area contributed by atoms with Gasteiger partial charge in [0.2, 0.25) is 0 Å². The molecule has 0 heterocycles. The maximum Gasteiger partial charge on any atom is 0.115 e. The van der Waals surface area contributed by atoms with E-state index in [9.17, 15) is 5.11 Å². The molecule has 0 aliphatic heterocycles. The number of aromatic hydroxyl groups is 1. The fourth-order valence-electron chi connectivity index (χ4n) is 2.87. The third kappa shape index (κ3) is 3.86. The van der Waals surface area contributed by atoms with E-state index in [0.29, 0.717) is 17.7 Å². The Morgan fingerprint density at radius 3 is 2.33 bits per heavy atom. The number of halogens is 1. The molecule has 0 aromatic heterocycles. The molecule has 0 unspecified atom stereocenters. The van der Waals surface area contributed by atoms with Gasteiger partial charge >= 0.3 is 0 Å². The van der Waals surface area contributed by atoms with E-state index in [-0.39, 0.29) is 0 Å². The zero-order valence-corrected chi connectivity index (χ0v) is 13.5. The van der Waals surface area contributed by atoms with E-state index in [4.69, 9.17) is 0 Å². The van der Waals surface area contributed by atoms with Crippen LogP contribution in [-0.2, 0) is 6.42 Å². The molecular weight excluding hydrogens is 326 g/mol. The summed E-state index contributed by atoms with van der Waals surface area (Å²) in [5.74, 6) is 1.05. The molecule has 2 aromatic carbocycles. The second kappa shape index (κ2) is 6.63. The van der Waals surface area contributed by atoms with Crippen molar-refractivity contribution in [2.45, 2.75) is 31.2 Å². The van der Waals surface area contributed by atoms with Crippen LogP contribution in [0.5, 0.6) is 5.75 Å².